The summed E-state index contributed by atoms with van der Waals surface area (Å²) in [6.07, 6.45) is 4.57. The van der Waals surface area contributed by atoms with Crippen molar-refractivity contribution in [3.63, 3.8) is 0 Å². The highest BCUT2D eigenvalue weighted by Gasteiger charge is 2.22. The Morgan fingerprint density at radius 1 is 1.64 bits per heavy atom. The number of allylic oxidation sites excluding steroid dienone is 1. The molecule has 0 aliphatic carbocycles. The molecule has 0 N–H and O–H groups in total. The molecule has 0 aromatic heterocycles. The fourth-order valence-electron chi connectivity index (χ4n) is 2.10. The van der Waals surface area contributed by atoms with Crippen LogP contribution in [0, 0.1) is 5.92 Å². The van der Waals surface area contributed by atoms with Crippen LogP contribution in [0.1, 0.15) is 33.1 Å². The molecule has 0 aromatic carbocycles. The average molecular weight is 195 g/mol. The fraction of sp³-hybridized carbons (Fsp3) is 0.750. The number of likely N-dealkylation sites (tertiary alicyclic amines) is 1. The minimum atomic E-state index is 0.195. The van der Waals surface area contributed by atoms with Crippen LogP contribution in [0.5, 0.6) is 0 Å². The number of carbonyl (C=O) groups is 1. The Hall–Kier alpha value is -0.630. The quantitative estimate of drug-likeness (QED) is 0.641. The number of piperidine rings is 1. The summed E-state index contributed by atoms with van der Waals surface area (Å²) >= 11 is 0. The lowest BCUT2D eigenvalue weighted by molar-refractivity contribution is -0.115. The maximum Gasteiger partial charge on any atom is 0.155 e. The van der Waals surface area contributed by atoms with E-state index in [2.05, 4.69) is 25.3 Å². The van der Waals surface area contributed by atoms with E-state index in [1.807, 2.05) is 0 Å². The molecule has 2 heteroatoms. The van der Waals surface area contributed by atoms with Gasteiger partial charge in [0.05, 0.1) is 0 Å². The van der Waals surface area contributed by atoms with Gasteiger partial charge >= 0.3 is 0 Å². The van der Waals surface area contributed by atoms with Gasteiger partial charge in [-0.3, -0.25) is 4.79 Å². The summed E-state index contributed by atoms with van der Waals surface area (Å²) in [6, 6.07) is 0.608. The van der Waals surface area contributed by atoms with Gasteiger partial charge in [0.1, 0.15) is 0 Å². The third-order valence-corrected chi connectivity index (χ3v) is 3.00. The van der Waals surface area contributed by atoms with E-state index in [1.165, 1.54) is 25.5 Å². The Bertz CT molecular complexity index is 210. The van der Waals surface area contributed by atoms with E-state index in [1.54, 1.807) is 0 Å². The van der Waals surface area contributed by atoms with Crippen molar-refractivity contribution in [1.29, 1.82) is 0 Å². The molecule has 1 aliphatic heterocycles. The minimum absolute atomic E-state index is 0.195. The Kier molecular flexibility index (Phi) is 4.33. The van der Waals surface area contributed by atoms with Crippen molar-refractivity contribution in [2.45, 2.75) is 39.2 Å². The van der Waals surface area contributed by atoms with Gasteiger partial charge in [-0.15, -0.1) is 0 Å². The molecule has 1 aliphatic rings. The van der Waals surface area contributed by atoms with Crippen LogP contribution in [-0.4, -0.2) is 29.8 Å². The second kappa shape index (κ2) is 5.30. The standard InChI is InChI=1S/C12H21NO/c1-4-12(14)8-11-6-5-7-13(9-11)10(2)3/h4,10-11H,1,5-9H2,2-3H3. The molecule has 2 nitrogen and oxygen atoms in total. The molecule has 1 fully saturated rings. The molecule has 1 atom stereocenters. The van der Waals surface area contributed by atoms with Crippen molar-refractivity contribution in [2.75, 3.05) is 13.1 Å². The monoisotopic (exact) mass is 195 g/mol. The molecule has 0 radical (unpaired) electrons. The van der Waals surface area contributed by atoms with Gasteiger partial charge < -0.3 is 4.90 Å². The van der Waals surface area contributed by atoms with E-state index < -0.39 is 0 Å². The predicted octanol–water partition coefficient (Wildman–Crippen LogP) is 2.25. The second-order valence-electron chi connectivity index (χ2n) is 4.47. The van der Waals surface area contributed by atoms with Crippen molar-refractivity contribution in [3.05, 3.63) is 12.7 Å². The molecule has 80 valence electrons. The summed E-state index contributed by atoms with van der Waals surface area (Å²) in [5.41, 5.74) is 0. The van der Waals surface area contributed by atoms with Gasteiger partial charge in [0.2, 0.25) is 0 Å². The Morgan fingerprint density at radius 3 is 2.93 bits per heavy atom. The molecule has 1 heterocycles. The second-order valence-corrected chi connectivity index (χ2v) is 4.47. The van der Waals surface area contributed by atoms with E-state index in [9.17, 15) is 4.79 Å². The summed E-state index contributed by atoms with van der Waals surface area (Å²) in [7, 11) is 0. The van der Waals surface area contributed by atoms with Gasteiger partial charge in [0.15, 0.2) is 5.78 Å². The van der Waals surface area contributed by atoms with Gasteiger partial charge in [-0.25, -0.2) is 0 Å². The van der Waals surface area contributed by atoms with Crippen LogP contribution >= 0.6 is 0 Å². The zero-order chi connectivity index (χ0) is 10.6. The first-order chi connectivity index (χ1) is 6.63. The van der Waals surface area contributed by atoms with Crippen molar-refractivity contribution >= 4 is 5.78 Å². The molecule has 0 spiro atoms. The zero-order valence-electron chi connectivity index (χ0n) is 9.33. The Morgan fingerprint density at radius 2 is 2.36 bits per heavy atom. The number of carbonyl (C=O) groups excluding carboxylic acids is 1. The van der Waals surface area contributed by atoms with Crippen molar-refractivity contribution < 1.29 is 4.79 Å². The van der Waals surface area contributed by atoms with Crippen LogP contribution in [0.2, 0.25) is 0 Å². The number of ketones is 1. The highest BCUT2D eigenvalue weighted by molar-refractivity contribution is 5.89. The van der Waals surface area contributed by atoms with E-state index in [0.29, 0.717) is 18.4 Å². The van der Waals surface area contributed by atoms with Crippen LogP contribution in [0.3, 0.4) is 0 Å². The van der Waals surface area contributed by atoms with Gasteiger partial charge in [0.25, 0.3) is 0 Å². The third-order valence-electron chi connectivity index (χ3n) is 3.00. The molecule has 1 saturated heterocycles. The topological polar surface area (TPSA) is 20.3 Å². The lowest BCUT2D eigenvalue weighted by Gasteiger charge is -2.35. The largest absolute Gasteiger partial charge is 0.301 e. The summed E-state index contributed by atoms with van der Waals surface area (Å²) in [6.45, 7) is 10.2. The smallest absolute Gasteiger partial charge is 0.155 e. The summed E-state index contributed by atoms with van der Waals surface area (Å²) in [5, 5.41) is 0. The zero-order valence-corrected chi connectivity index (χ0v) is 9.33. The van der Waals surface area contributed by atoms with Gasteiger partial charge in [-0.05, 0) is 45.2 Å². The molecular weight excluding hydrogens is 174 g/mol. The van der Waals surface area contributed by atoms with Crippen molar-refractivity contribution in [1.82, 2.24) is 4.90 Å². The Labute approximate surface area is 87.0 Å². The molecule has 0 saturated carbocycles. The van der Waals surface area contributed by atoms with Crippen LogP contribution in [0.4, 0.5) is 0 Å². The summed E-state index contributed by atoms with van der Waals surface area (Å²) < 4.78 is 0. The van der Waals surface area contributed by atoms with Gasteiger partial charge in [-0.1, -0.05) is 6.58 Å². The van der Waals surface area contributed by atoms with E-state index in [0.717, 1.165) is 6.54 Å². The van der Waals surface area contributed by atoms with Crippen LogP contribution < -0.4 is 0 Å². The SMILES string of the molecule is C=CC(=O)CC1CCCN(C(C)C)C1. The maximum absolute atomic E-state index is 11.2. The van der Waals surface area contributed by atoms with E-state index in [4.69, 9.17) is 0 Å². The molecule has 0 aromatic rings. The first-order valence-corrected chi connectivity index (χ1v) is 5.52. The first-order valence-electron chi connectivity index (χ1n) is 5.52. The summed E-state index contributed by atoms with van der Waals surface area (Å²) in [4.78, 5) is 13.7. The van der Waals surface area contributed by atoms with E-state index in [-0.39, 0.29) is 5.78 Å². The number of hydrogen-bond acceptors (Lipinski definition) is 2. The number of rotatable bonds is 4. The third kappa shape index (κ3) is 3.26. The highest BCUT2D eigenvalue weighted by Crippen LogP contribution is 2.21. The van der Waals surface area contributed by atoms with E-state index >= 15 is 0 Å². The molecule has 0 amide bonds. The maximum atomic E-state index is 11.2. The normalized spacial score (nSPS) is 23.8. The van der Waals surface area contributed by atoms with Crippen LogP contribution in [0.15, 0.2) is 12.7 Å². The average Bonchev–Trinajstić information content (AvgIpc) is 2.18. The number of hydrogen-bond donors (Lipinski definition) is 0. The molecule has 0 bridgehead atoms. The van der Waals surface area contributed by atoms with Gasteiger partial charge in [0, 0.05) is 19.0 Å². The number of nitrogens with zero attached hydrogens (tertiary/aromatic N) is 1. The highest BCUT2D eigenvalue weighted by atomic mass is 16.1. The van der Waals surface area contributed by atoms with Crippen molar-refractivity contribution in [3.8, 4) is 0 Å². The lowest BCUT2D eigenvalue weighted by atomic mass is 9.92. The molecule has 1 unspecified atom stereocenters. The Balaban J connectivity index is 2.39. The lowest BCUT2D eigenvalue weighted by Crippen LogP contribution is -2.40. The predicted molar refractivity (Wildman–Crippen MR) is 59.3 cm³/mol. The first kappa shape index (κ1) is 11.4. The summed E-state index contributed by atoms with van der Waals surface area (Å²) in [5.74, 6) is 0.747. The molecular formula is C12H21NO. The minimum Gasteiger partial charge on any atom is -0.301 e. The fourth-order valence-corrected chi connectivity index (χ4v) is 2.10. The molecule has 1 rings (SSSR count). The van der Waals surface area contributed by atoms with Gasteiger partial charge in [-0.2, -0.15) is 0 Å². The molecule has 14 heavy (non-hydrogen) atoms. The van der Waals surface area contributed by atoms with Crippen molar-refractivity contribution in [2.24, 2.45) is 5.92 Å². The van der Waals surface area contributed by atoms with Crippen LogP contribution in [0.25, 0.3) is 0 Å². The van der Waals surface area contributed by atoms with Crippen LogP contribution in [-0.2, 0) is 4.79 Å².